The summed E-state index contributed by atoms with van der Waals surface area (Å²) in [6.45, 7) is 1.61. The van der Waals surface area contributed by atoms with Gasteiger partial charge in [-0.15, -0.1) is 0 Å². The maximum atomic E-state index is 12.5. The molecule has 0 amide bonds. The molecular formula is C19H18ClNO4. The molecule has 0 spiro atoms. The number of hydrogen-bond donors (Lipinski definition) is 1. The number of hydrogen-bond acceptors (Lipinski definition) is 4. The highest BCUT2D eigenvalue weighted by Gasteiger charge is 2.15. The van der Waals surface area contributed by atoms with Crippen molar-refractivity contribution < 1.29 is 19.6 Å². The van der Waals surface area contributed by atoms with Crippen molar-refractivity contribution in [3.05, 3.63) is 63.5 Å². The van der Waals surface area contributed by atoms with Gasteiger partial charge in [0, 0.05) is 29.1 Å². The standard InChI is InChI=1S/C19H18ClNO4/c1-24-8-7-21-11-15-18(23)16(20)9-14-13(10-17(22)25-19(14)15)12-5-3-2-4-6-12/h2-6,9-10,21,23H,7-8,11H2,1H3. The first-order chi connectivity index (χ1) is 12.1. The van der Waals surface area contributed by atoms with E-state index in [1.807, 2.05) is 35.6 Å². The first-order valence-electron chi connectivity index (χ1n) is 7.94. The highest BCUT2D eigenvalue weighted by molar-refractivity contribution is 6.33. The number of halogens is 1. The maximum absolute atomic E-state index is 12.5. The number of quaternary nitrogens is 1. The Hall–Kier alpha value is -2.34. The van der Waals surface area contributed by atoms with E-state index in [4.69, 9.17) is 20.8 Å². The summed E-state index contributed by atoms with van der Waals surface area (Å²) < 4.78 is 10.4. The van der Waals surface area contributed by atoms with Gasteiger partial charge in [0.05, 0.1) is 13.2 Å². The van der Waals surface area contributed by atoms with Crippen molar-refractivity contribution in [2.24, 2.45) is 0 Å². The third kappa shape index (κ3) is 3.69. The van der Waals surface area contributed by atoms with E-state index in [0.29, 0.717) is 41.8 Å². The molecule has 2 N–H and O–H groups in total. The van der Waals surface area contributed by atoms with Crippen LogP contribution >= 0.6 is 11.6 Å². The SMILES string of the molecule is COCC[NH2+]Cc1c([O-])c(Cl)cc2c(-c3ccccc3)cc(=O)oc12. The van der Waals surface area contributed by atoms with Crippen molar-refractivity contribution in [1.82, 2.24) is 0 Å². The van der Waals surface area contributed by atoms with Crippen LogP contribution in [0, 0.1) is 0 Å². The van der Waals surface area contributed by atoms with E-state index in [2.05, 4.69) is 0 Å². The van der Waals surface area contributed by atoms with Gasteiger partial charge >= 0.3 is 5.63 Å². The average Bonchev–Trinajstić information content (AvgIpc) is 2.62. The Morgan fingerprint density at radius 2 is 2.00 bits per heavy atom. The molecule has 6 heteroatoms. The first kappa shape index (κ1) is 17.5. The molecule has 0 saturated carbocycles. The summed E-state index contributed by atoms with van der Waals surface area (Å²) in [5.74, 6) is -0.309. The topological polar surface area (TPSA) is 79.1 Å². The minimum Gasteiger partial charge on any atom is -0.871 e. The summed E-state index contributed by atoms with van der Waals surface area (Å²) in [4.78, 5) is 12.1. The lowest BCUT2D eigenvalue weighted by molar-refractivity contribution is -0.672. The number of nitrogens with two attached hydrogens (primary N) is 1. The predicted molar refractivity (Wildman–Crippen MR) is 94.7 cm³/mol. The van der Waals surface area contributed by atoms with Gasteiger partial charge in [-0.3, -0.25) is 0 Å². The van der Waals surface area contributed by atoms with Gasteiger partial charge in [0.25, 0.3) is 0 Å². The van der Waals surface area contributed by atoms with Gasteiger partial charge in [0.2, 0.25) is 0 Å². The summed E-state index contributed by atoms with van der Waals surface area (Å²) >= 11 is 6.16. The van der Waals surface area contributed by atoms with E-state index >= 15 is 0 Å². The molecule has 25 heavy (non-hydrogen) atoms. The second-order valence-corrected chi connectivity index (χ2v) is 6.07. The van der Waals surface area contributed by atoms with Crippen molar-refractivity contribution in [2.45, 2.75) is 6.54 Å². The number of fused-ring (bicyclic) bond motifs is 1. The van der Waals surface area contributed by atoms with Crippen LogP contribution in [0.3, 0.4) is 0 Å². The maximum Gasteiger partial charge on any atom is 0.336 e. The Morgan fingerprint density at radius 3 is 2.72 bits per heavy atom. The molecular weight excluding hydrogens is 342 g/mol. The largest absolute Gasteiger partial charge is 0.871 e. The number of methoxy groups -OCH3 is 1. The highest BCUT2D eigenvalue weighted by Crippen LogP contribution is 2.36. The lowest BCUT2D eigenvalue weighted by atomic mass is 9.99. The molecule has 0 aliphatic rings. The van der Waals surface area contributed by atoms with Gasteiger partial charge in [0.1, 0.15) is 12.1 Å². The molecule has 0 unspecified atom stereocenters. The van der Waals surface area contributed by atoms with Crippen LogP contribution in [0.1, 0.15) is 5.56 Å². The molecule has 1 aromatic heterocycles. The van der Waals surface area contributed by atoms with E-state index in [9.17, 15) is 9.90 Å². The summed E-state index contributed by atoms with van der Waals surface area (Å²) in [6.07, 6.45) is 0. The summed E-state index contributed by atoms with van der Waals surface area (Å²) in [5, 5.41) is 15.2. The smallest absolute Gasteiger partial charge is 0.336 e. The minimum atomic E-state index is -0.494. The second-order valence-electron chi connectivity index (χ2n) is 5.66. The molecule has 0 bridgehead atoms. The van der Waals surface area contributed by atoms with Crippen LogP contribution < -0.4 is 16.0 Å². The zero-order chi connectivity index (χ0) is 17.8. The Morgan fingerprint density at radius 1 is 1.24 bits per heavy atom. The van der Waals surface area contributed by atoms with Gasteiger partial charge in [-0.2, -0.15) is 0 Å². The quantitative estimate of drug-likeness (QED) is 0.538. The summed E-state index contributed by atoms with van der Waals surface area (Å²) in [5.41, 5.74) is 1.77. The fourth-order valence-electron chi connectivity index (χ4n) is 2.80. The average molecular weight is 360 g/mol. The molecule has 3 rings (SSSR count). The molecule has 0 saturated heterocycles. The van der Waals surface area contributed by atoms with Crippen LogP contribution in [0.4, 0.5) is 0 Å². The molecule has 1 heterocycles. The number of benzene rings is 2. The van der Waals surface area contributed by atoms with Crippen LogP contribution in [0.5, 0.6) is 5.75 Å². The van der Waals surface area contributed by atoms with Crippen LogP contribution in [-0.4, -0.2) is 20.3 Å². The van der Waals surface area contributed by atoms with Gasteiger partial charge in [-0.25, -0.2) is 4.79 Å². The van der Waals surface area contributed by atoms with Crippen LogP contribution in [0.2, 0.25) is 5.02 Å². The molecule has 130 valence electrons. The first-order valence-corrected chi connectivity index (χ1v) is 8.32. The Kier molecular flexibility index (Phi) is 5.38. The number of rotatable bonds is 6. The van der Waals surface area contributed by atoms with E-state index < -0.39 is 5.63 Å². The lowest BCUT2D eigenvalue weighted by Crippen LogP contribution is -2.83. The summed E-state index contributed by atoms with van der Waals surface area (Å²) in [7, 11) is 1.62. The normalized spacial score (nSPS) is 11.1. The summed E-state index contributed by atoms with van der Waals surface area (Å²) in [6, 6.07) is 12.5. The van der Waals surface area contributed by atoms with E-state index in [-0.39, 0.29) is 10.8 Å². The van der Waals surface area contributed by atoms with E-state index in [0.717, 1.165) is 5.56 Å². The third-order valence-electron chi connectivity index (χ3n) is 4.00. The van der Waals surface area contributed by atoms with Gasteiger partial charge in [-0.1, -0.05) is 47.7 Å². The molecule has 2 aromatic carbocycles. The predicted octanol–water partition coefficient (Wildman–Crippen LogP) is 1.90. The molecule has 3 aromatic rings. The Balaban J connectivity index is 2.18. The third-order valence-corrected chi connectivity index (χ3v) is 4.28. The zero-order valence-corrected chi connectivity index (χ0v) is 14.5. The van der Waals surface area contributed by atoms with Crippen LogP contribution in [0.25, 0.3) is 22.1 Å². The molecule has 0 aliphatic carbocycles. The van der Waals surface area contributed by atoms with Crippen LogP contribution in [-0.2, 0) is 11.3 Å². The van der Waals surface area contributed by atoms with Crippen molar-refractivity contribution in [3.8, 4) is 16.9 Å². The fraction of sp³-hybridized carbons (Fsp3) is 0.211. The monoisotopic (exact) mass is 359 g/mol. The second kappa shape index (κ2) is 7.70. The molecule has 0 aliphatic heterocycles. The molecule has 0 radical (unpaired) electrons. The molecule has 0 atom stereocenters. The van der Waals surface area contributed by atoms with Crippen molar-refractivity contribution in [3.63, 3.8) is 0 Å². The van der Waals surface area contributed by atoms with Crippen molar-refractivity contribution >= 4 is 22.6 Å². The Bertz CT molecular complexity index is 938. The Labute approximate surface area is 149 Å². The van der Waals surface area contributed by atoms with Crippen molar-refractivity contribution in [1.29, 1.82) is 0 Å². The zero-order valence-electron chi connectivity index (χ0n) is 13.8. The fourth-order valence-corrected chi connectivity index (χ4v) is 3.02. The van der Waals surface area contributed by atoms with E-state index in [1.165, 1.54) is 6.07 Å². The minimum absolute atomic E-state index is 0.119. The molecule has 5 nitrogen and oxygen atoms in total. The number of ether oxygens (including phenoxy) is 1. The van der Waals surface area contributed by atoms with Gasteiger partial charge in [0.15, 0.2) is 0 Å². The lowest BCUT2D eigenvalue weighted by Gasteiger charge is -2.18. The van der Waals surface area contributed by atoms with Gasteiger partial charge < -0.3 is 19.6 Å². The highest BCUT2D eigenvalue weighted by atomic mass is 35.5. The van der Waals surface area contributed by atoms with Crippen molar-refractivity contribution in [2.75, 3.05) is 20.3 Å². The van der Waals surface area contributed by atoms with Crippen LogP contribution in [0.15, 0.2) is 51.7 Å². The van der Waals surface area contributed by atoms with Gasteiger partial charge in [-0.05, 0) is 17.2 Å². The molecule has 0 fully saturated rings. The van der Waals surface area contributed by atoms with E-state index in [1.54, 1.807) is 13.2 Å².